The fourth-order valence-electron chi connectivity index (χ4n) is 2.26. The maximum absolute atomic E-state index is 12.3. The molecule has 0 saturated carbocycles. The first kappa shape index (κ1) is 13.9. The van der Waals surface area contributed by atoms with E-state index in [0.717, 1.165) is 31.7 Å². The second-order valence-electron chi connectivity index (χ2n) is 4.92. The van der Waals surface area contributed by atoms with Gasteiger partial charge >= 0.3 is 0 Å². The molecule has 0 aliphatic carbocycles. The van der Waals surface area contributed by atoms with Crippen LogP contribution in [0.4, 0.5) is 5.69 Å². The van der Waals surface area contributed by atoms with Gasteiger partial charge in [0.15, 0.2) is 0 Å². The summed E-state index contributed by atoms with van der Waals surface area (Å²) in [6.07, 6.45) is 2.01. The molecule has 2 N–H and O–H groups in total. The quantitative estimate of drug-likeness (QED) is 0.856. The number of anilines is 1. The van der Waals surface area contributed by atoms with Gasteiger partial charge in [-0.2, -0.15) is 0 Å². The Morgan fingerprint density at radius 1 is 1.42 bits per heavy atom. The number of carbonyl (C=O) groups is 1. The number of para-hydroxylation sites is 1. The summed E-state index contributed by atoms with van der Waals surface area (Å²) in [5.41, 5.74) is 1.60. The number of ether oxygens (including phenoxy) is 1. The third-order valence-electron chi connectivity index (χ3n) is 3.43. The first-order chi connectivity index (χ1) is 9.22. The summed E-state index contributed by atoms with van der Waals surface area (Å²) in [4.78, 5) is 12.3. The summed E-state index contributed by atoms with van der Waals surface area (Å²) in [6, 6.07) is 7.75. The van der Waals surface area contributed by atoms with Crippen molar-refractivity contribution in [2.24, 2.45) is 0 Å². The summed E-state index contributed by atoms with van der Waals surface area (Å²) in [5, 5.41) is 6.35. The Morgan fingerprint density at radius 3 is 2.89 bits per heavy atom. The molecule has 2 unspecified atom stereocenters. The molecule has 4 nitrogen and oxygen atoms in total. The van der Waals surface area contributed by atoms with E-state index >= 15 is 0 Å². The highest BCUT2D eigenvalue weighted by Crippen LogP contribution is 2.17. The van der Waals surface area contributed by atoms with Crippen LogP contribution in [0.25, 0.3) is 0 Å². The summed E-state index contributed by atoms with van der Waals surface area (Å²) in [7, 11) is 0. The van der Waals surface area contributed by atoms with Crippen molar-refractivity contribution in [3.05, 3.63) is 29.8 Å². The summed E-state index contributed by atoms with van der Waals surface area (Å²) >= 11 is 0. The molecule has 1 aliphatic heterocycles. The molecule has 1 heterocycles. The molecule has 104 valence electrons. The van der Waals surface area contributed by atoms with Gasteiger partial charge in [-0.05, 0) is 31.9 Å². The largest absolute Gasteiger partial charge is 0.384 e. The van der Waals surface area contributed by atoms with E-state index in [1.807, 2.05) is 31.2 Å². The van der Waals surface area contributed by atoms with Gasteiger partial charge in [0.25, 0.3) is 5.91 Å². The van der Waals surface area contributed by atoms with E-state index in [4.69, 9.17) is 4.74 Å². The third kappa shape index (κ3) is 3.47. The smallest absolute Gasteiger partial charge is 0.253 e. The minimum absolute atomic E-state index is 0.0263. The van der Waals surface area contributed by atoms with Gasteiger partial charge in [-0.25, -0.2) is 0 Å². The van der Waals surface area contributed by atoms with Gasteiger partial charge in [0, 0.05) is 18.8 Å². The standard InChI is InChI=1S/C15H22N2O2/c1-3-9-16-14-7-5-4-6-12(14)15(18)17-13-8-10-19-11(13)2/h4-7,11,13,16H,3,8-10H2,1-2H3,(H,17,18). The second kappa shape index (κ2) is 6.57. The van der Waals surface area contributed by atoms with Crippen LogP contribution in [0, 0.1) is 0 Å². The van der Waals surface area contributed by atoms with E-state index < -0.39 is 0 Å². The molecule has 4 heteroatoms. The molecule has 1 aliphatic rings. The predicted molar refractivity (Wildman–Crippen MR) is 76.5 cm³/mol. The molecule has 19 heavy (non-hydrogen) atoms. The molecule has 1 fully saturated rings. The van der Waals surface area contributed by atoms with Crippen molar-refractivity contribution in [3.8, 4) is 0 Å². The molecule has 0 bridgehead atoms. The number of carbonyl (C=O) groups excluding carboxylic acids is 1. The van der Waals surface area contributed by atoms with Gasteiger partial charge in [0.05, 0.1) is 17.7 Å². The van der Waals surface area contributed by atoms with Gasteiger partial charge in [0.2, 0.25) is 0 Å². The first-order valence-electron chi connectivity index (χ1n) is 6.97. The Labute approximate surface area is 114 Å². The maximum atomic E-state index is 12.3. The van der Waals surface area contributed by atoms with E-state index in [-0.39, 0.29) is 18.1 Å². The van der Waals surface area contributed by atoms with Crippen LogP contribution in [0.3, 0.4) is 0 Å². The van der Waals surface area contributed by atoms with Crippen LogP contribution in [0.5, 0.6) is 0 Å². The van der Waals surface area contributed by atoms with Gasteiger partial charge in [-0.15, -0.1) is 0 Å². The van der Waals surface area contributed by atoms with Gasteiger partial charge in [0.1, 0.15) is 0 Å². The molecular formula is C15H22N2O2. The van der Waals surface area contributed by atoms with E-state index in [0.29, 0.717) is 5.56 Å². The third-order valence-corrected chi connectivity index (χ3v) is 3.43. The highest BCUT2D eigenvalue weighted by molar-refractivity contribution is 5.99. The molecule has 1 saturated heterocycles. The Balaban J connectivity index is 2.05. The molecule has 1 aromatic carbocycles. The molecule has 0 spiro atoms. The van der Waals surface area contributed by atoms with Crippen LogP contribution in [0.2, 0.25) is 0 Å². The van der Waals surface area contributed by atoms with Crippen LogP contribution in [0.15, 0.2) is 24.3 Å². The Kier molecular flexibility index (Phi) is 4.80. The number of hydrogen-bond acceptors (Lipinski definition) is 3. The summed E-state index contributed by atoms with van der Waals surface area (Å²) < 4.78 is 5.47. The monoisotopic (exact) mass is 262 g/mol. The van der Waals surface area contributed by atoms with Crippen LogP contribution in [0.1, 0.15) is 37.0 Å². The average Bonchev–Trinajstić information content (AvgIpc) is 2.82. The van der Waals surface area contributed by atoms with E-state index in [1.165, 1.54) is 0 Å². The Hall–Kier alpha value is -1.55. The first-order valence-corrected chi connectivity index (χ1v) is 6.97. The molecule has 0 radical (unpaired) electrons. The Bertz CT molecular complexity index is 434. The zero-order valence-corrected chi connectivity index (χ0v) is 11.6. The van der Waals surface area contributed by atoms with Gasteiger partial charge in [-0.1, -0.05) is 19.1 Å². The lowest BCUT2D eigenvalue weighted by Crippen LogP contribution is -2.39. The number of hydrogen-bond donors (Lipinski definition) is 2. The molecule has 2 rings (SSSR count). The highest BCUT2D eigenvalue weighted by atomic mass is 16.5. The van der Waals surface area contributed by atoms with Crippen molar-refractivity contribution < 1.29 is 9.53 Å². The van der Waals surface area contributed by atoms with Crippen molar-refractivity contribution in [3.63, 3.8) is 0 Å². The molecule has 1 amide bonds. The SMILES string of the molecule is CCCNc1ccccc1C(=O)NC1CCOC1C. The van der Waals surface area contributed by atoms with E-state index in [1.54, 1.807) is 0 Å². The van der Waals surface area contributed by atoms with Crippen molar-refractivity contribution in [2.45, 2.75) is 38.8 Å². The number of benzene rings is 1. The lowest BCUT2D eigenvalue weighted by atomic mass is 10.1. The van der Waals surface area contributed by atoms with E-state index in [9.17, 15) is 4.79 Å². The highest BCUT2D eigenvalue weighted by Gasteiger charge is 2.26. The van der Waals surface area contributed by atoms with Crippen molar-refractivity contribution >= 4 is 11.6 Å². The number of nitrogens with one attached hydrogen (secondary N) is 2. The topological polar surface area (TPSA) is 50.4 Å². The normalized spacial score (nSPS) is 22.2. The lowest BCUT2D eigenvalue weighted by molar-refractivity contribution is 0.0867. The van der Waals surface area contributed by atoms with Gasteiger partial charge in [-0.3, -0.25) is 4.79 Å². The molecular weight excluding hydrogens is 240 g/mol. The van der Waals surface area contributed by atoms with Crippen LogP contribution in [-0.2, 0) is 4.74 Å². The predicted octanol–water partition coefficient (Wildman–Crippen LogP) is 2.42. The fourth-order valence-corrected chi connectivity index (χ4v) is 2.26. The lowest BCUT2D eigenvalue weighted by Gasteiger charge is -2.17. The Morgan fingerprint density at radius 2 is 2.21 bits per heavy atom. The van der Waals surface area contributed by atoms with Crippen molar-refractivity contribution in [1.82, 2.24) is 5.32 Å². The van der Waals surface area contributed by atoms with E-state index in [2.05, 4.69) is 17.6 Å². The summed E-state index contributed by atoms with van der Waals surface area (Å²) in [6.45, 7) is 5.70. The summed E-state index contributed by atoms with van der Waals surface area (Å²) in [5.74, 6) is -0.0263. The zero-order valence-electron chi connectivity index (χ0n) is 11.6. The minimum atomic E-state index is -0.0263. The van der Waals surface area contributed by atoms with Crippen LogP contribution < -0.4 is 10.6 Å². The molecule has 2 atom stereocenters. The average molecular weight is 262 g/mol. The fraction of sp³-hybridized carbons (Fsp3) is 0.533. The number of rotatable bonds is 5. The zero-order chi connectivity index (χ0) is 13.7. The van der Waals surface area contributed by atoms with Crippen LogP contribution >= 0.6 is 0 Å². The maximum Gasteiger partial charge on any atom is 0.253 e. The second-order valence-corrected chi connectivity index (χ2v) is 4.92. The van der Waals surface area contributed by atoms with Crippen LogP contribution in [-0.4, -0.2) is 31.2 Å². The number of amides is 1. The van der Waals surface area contributed by atoms with Gasteiger partial charge < -0.3 is 15.4 Å². The van der Waals surface area contributed by atoms with Crippen molar-refractivity contribution in [2.75, 3.05) is 18.5 Å². The van der Waals surface area contributed by atoms with Crippen molar-refractivity contribution in [1.29, 1.82) is 0 Å². The molecule has 0 aromatic heterocycles. The minimum Gasteiger partial charge on any atom is -0.384 e. The molecule has 1 aromatic rings.